The first-order valence-corrected chi connectivity index (χ1v) is 12.7. The summed E-state index contributed by atoms with van der Waals surface area (Å²) >= 11 is 0. The number of para-hydroxylation sites is 1. The van der Waals surface area contributed by atoms with Crippen LogP contribution in [0.4, 0.5) is 5.69 Å². The number of benzene rings is 2. The Labute approximate surface area is 210 Å². The van der Waals surface area contributed by atoms with Crippen molar-refractivity contribution in [1.29, 1.82) is 0 Å². The molecule has 2 aliphatic carbocycles. The lowest BCUT2D eigenvalue weighted by atomic mass is 9.85. The van der Waals surface area contributed by atoms with Gasteiger partial charge in [0.05, 0.1) is 12.3 Å². The van der Waals surface area contributed by atoms with Crippen LogP contribution >= 0.6 is 0 Å². The monoisotopic (exact) mass is 485 g/mol. The Balaban J connectivity index is 1.54. The van der Waals surface area contributed by atoms with Crippen LogP contribution in [0.2, 0.25) is 0 Å². The van der Waals surface area contributed by atoms with Crippen LogP contribution < -0.4 is 10.6 Å². The van der Waals surface area contributed by atoms with E-state index in [1.807, 2.05) is 24.3 Å². The van der Waals surface area contributed by atoms with E-state index in [1.165, 1.54) is 11.2 Å². The van der Waals surface area contributed by atoms with Crippen LogP contribution in [0, 0.1) is 0 Å². The van der Waals surface area contributed by atoms with E-state index in [0.29, 0.717) is 17.9 Å². The molecule has 1 aromatic heterocycles. The van der Waals surface area contributed by atoms with E-state index in [2.05, 4.69) is 16.7 Å². The van der Waals surface area contributed by atoms with Gasteiger partial charge in [-0.05, 0) is 67.5 Å². The molecule has 7 heteroatoms. The Kier molecular flexibility index (Phi) is 7.16. The molecule has 0 saturated heterocycles. The van der Waals surface area contributed by atoms with E-state index >= 15 is 0 Å². The Morgan fingerprint density at radius 1 is 0.861 bits per heavy atom. The molecular formula is C29H31N3O4. The summed E-state index contributed by atoms with van der Waals surface area (Å²) in [5.41, 5.74) is 2.61. The van der Waals surface area contributed by atoms with E-state index in [9.17, 15) is 14.4 Å². The molecule has 5 rings (SSSR count). The third-order valence-corrected chi connectivity index (χ3v) is 7.17. The molecular weight excluding hydrogens is 454 g/mol. The fourth-order valence-electron chi connectivity index (χ4n) is 5.47. The molecule has 7 nitrogen and oxygen atoms in total. The molecule has 2 aliphatic rings. The summed E-state index contributed by atoms with van der Waals surface area (Å²) in [7, 11) is 0. The first-order chi connectivity index (χ1) is 17.6. The summed E-state index contributed by atoms with van der Waals surface area (Å²) in [5.74, 6) is -1.52. The molecule has 0 spiro atoms. The summed E-state index contributed by atoms with van der Waals surface area (Å²) < 4.78 is 5.70. The lowest BCUT2D eigenvalue weighted by Gasteiger charge is -2.39. The number of furan rings is 1. The number of anilines is 1. The van der Waals surface area contributed by atoms with Crippen molar-refractivity contribution in [1.82, 2.24) is 10.2 Å². The average molecular weight is 486 g/mol. The Morgan fingerprint density at radius 3 is 2.36 bits per heavy atom. The number of amides is 3. The van der Waals surface area contributed by atoms with Crippen LogP contribution in [0.3, 0.4) is 0 Å². The standard InChI is InChI=1S/C29H31N3O4/c33-27(30-21-14-5-6-15-21)26(25-18-9-19-36-25)32(24-17-8-11-20-10-4-7-16-23(20)24)29(35)28(34)31-22-12-2-1-3-13-22/h1-4,7,9-10,12-13,16,18-19,21,24,26H,5-6,8,11,14-15,17H2,(H,30,33)(H,31,34)/t24-,26+/m1/s1. The van der Waals surface area contributed by atoms with E-state index in [4.69, 9.17) is 4.42 Å². The van der Waals surface area contributed by atoms with Gasteiger partial charge in [-0.2, -0.15) is 0 Å². The summed E-state index contributed by atoms with van der Waals surface area (Å²) in [6.45, 7) is 0. The zero-order valence-electron chi connectivity index (χ0n) is 20.2. The maximum Gasteiger partial charge on any atom is 0.313 e. The average Bonchev–Trinajstić information content (AvgIpc) is 3.62. The number of fused-ring (bicyclic) bond motifs is 1. The third kappa shape index (κ3) is 5.05. The van der Waals surface area contributed by atoms with Crippen molar-refractivity contribution in [3.05, 3.63) is 89.9 Å². The van der Waals surface area contributed by atoms with Gasteiger partial charge in [0.25, 0.3) is 5.91 Å². The molecule has 2 atom stereocenters. The van der Waals surface area contributed by atoms with Gasteiger partial charge in [0, 0.05) is 11.7 Å². The third-order valence-electron chi connectivity index (χ3n) is 7.17. The smallest absolute Gasteiger partial charge is 0.313 e. The van der Waals surface area contributed by atoms with Gasteiger partial charge in [0.1, 0.15) is 5.76 Å². The zero-order valence-corrected chi connectivity index (χ0v) is 20.2. The molecule has 186 valence electrons. The number of nitrogens with zero attached hydrogens (tertiary/aromatic N) is 1. The molecule has 1 fully saturated rings. The second-order valence-corrected chi connectivity index (χ2v) is 9.55. The molecule has 3 amide bonds. The second-order valence-electron chi connectivity index (χ2n) is 9.55. The van der Waals surface area contributed by atoms with Crippen molar-refractivity contribution in [3.8, 4) is 0 Å². The van der Waals surface area contributed by atoms with Gasteiger partial charge >= 0.3 is 11.8 Å². The van der Waals surface area contributed by atoms with Crippen LogP contribution in [0.1, 0.15) is 67.5 Å². The zero-order chi connectivity index (χ0) is 24.9. The first-order valence-electron chi connectivity index (χ1n) is 12.7. The quantitative estimate of drug-likeness (QED) is 0.485. The maximum atomic E-state index is 13.9. The van der Waals surface area contributed by atoms with Crippen molar-refractivity contribution in [2.24, 2.45) is 0 Å². The van der Waals surface area contributed by atoms with Crippen LogP contribution in [-0.4, -0.2) is 28.7 Å². The maximum absolute atomic E-state index is 13.9. The predicted molar refractivity (Wildman–Crippen MR) is 136 cm³/mol. The number of hydrogen-bond acceptors (Lipinski definition) is 4. The second kappa shape index (κ2) is 10.8. The molecule has 36 heavy (non-hydrogen) atoms. The molecule has 2 N–H and O–H groups in total. The number of carbonyl (C=O) groups is 3. The largest absolute Gasteiger partial charge is 0.467 e. The SMILES string of the molecule is O=C(Nc1ccccc1)C(=O)N([C@@H]1CCCc2ccccc21)[C@H](C(=O)NC1CCCC1)c1ccco1. The molecule has 0 bridgehead atoms. The Bertz CT molecular complexity index is 1200. The van der Waals surface area contributed by atoms with Crippen molar-refractivity contribution >= 4 is 23.4 Å². The Morgan fingerprint density at radius 2 is 1.61 bits per heavy atom. The number of nitrogens with one attached hydrogen (secondary N) is 2. The number of rotatable bonds is 6. The minimum absolute atomic E-state index is 0.0590. The lowest BCUT2D eigenvalue weighted by Crippen LogP contribution is -2.50. The summed E-state index contributed by atoms with van der Waals surface area (Å²) in [5, 5.41) is 5.83. The predicted octanol–water partition coefficient (Wildman–Crippen LogP) is 4.92. The minimum atomic E-state index is -1.06. The van der Waals surface area contributed by atoms with Crippen LogP contribution in [0.15, 0.2) is 77.4 Å². The molecule has 2 aromatic carbocycles. The van der Waals surface area contributed by atoms with E-state index in [-0.39, 0.29) is 11.9 Å². The fraction of sp³-hybridized carbons (Fsp3) is 0.345. The topological polar surface area (TPSA) is 91.7 Å². The summed E-state index contributed by atoms with van der Waals surface area (Å²) in [6.07, 6.45) is 7.83. The van der Waals surface area contributed by atoms with Crippen LogP contribution in [0.5, 0.6) is 0 Å². The molecule has 3 aromatic rings. The van der Waals surface area contributed by atoms with Crippen LogP contribution in [0.25, 0.3) is 0 Å². The van der Waals surface area contributed by atoms with Gasteiger partial charge in [0.2, 0.25) is 0 Å². The highest BCUT2D eigenvalue weighted by Crippen LogP contribution is 2.40. The fourth-order valence-corrected chi connectivity index (χ4v) is 5.47. The van der Waals surface area contributed by atoms with E-state index < -0.39 is 23.9 Å². The minimum Gasteiger partial charge on any atom is -0.467 e. The normalized spacial score (nSPS) is 18.2. The van der Waals surface area contributed by atoms with Gasteiger partial charge < -0.3 is 20.0 Å². The summed E-state index contributed by atoms with van der Waals surface area (Å²) in [4.78, 5) is 42.4. The van der Waals surface area contributed by atoms with Crippen LogP contribution in [-0.2, 0) is 20.8 Å². The number of aryl methyl sites for hydroxylation is 1. The molecule has 1 heterocycles. The Hall–Kier alpha value is -3.87. The number of hydrogen-bond donors (Lipinski definition) is 2. The molecule has 1 saturated carbocycles. The van der Waals surface area contributed by atoms with Crippen molar-refractivity contribution in [3.63, 3.8) is 0 Å². The first kappa shape index (κ1) is 23.9. The molecule has 0 radical (unpaired) electrons. The van der Waals surface area contributed by atoms with Gasteiger partial charge in [-0.1, -0.05) is 55.3 Å². The van der Waals surface area contributed by atoms with Crippen molar-refractivity contribution in [2.45, 2.75) is 63.1 Å². The molecule has 0 aliphatic heterocycles. The lowest BCUT2D eigenvalue weighted by molar-refractivity contribution is -0.151. The summed E-state index contributed by atoms with van der Waals surface area (Å²) in [6, 6.07) is 18.8. The van der Waals surface area contributed by atoms with E-state index in [1.54, 1.807) is 36.4 Å². The number of carbonyl (C=O) groups excluding carboxylic acids is 3. The highest BCUT2D eigenvalue weighted by atomic mass is 16.3. The van der Waals surface area contributed by atoms with E-state index in [0.717, 1.165) is 49.7 Å². The van der Waals surface area contributed by atoms with Crippen molar-refractivity contribution < 1.29 is 18.8 Å². The highest BCUT2D eigenvalue weighted by Gasteiger charge is 2.43. The molecule has 0 unspecified atom stereocenters. The van der Waals surface area contributed by atoms with Gasteiger partial charge in [-0.15, -0.1) is 0 Å². The van der Waals surface area contributed by atoms with Crippen molar-refractivity contribution in [2.75, 3.05) is 5.32 Å². The van der Waals surface area contributed by atoms with Gasteiger partial charge in [-0.25, -0.2) is 0 Å². The highest BCUT2D eigenvalue weighted by molar-refractivity contribution is 6.40. The van der Waals surface area contributed by atoms with Gasteiger partial charge in [-0.3, -0.25) is 14.4 Å². The van der Waals surface area contributed by atoms with Gasteiger partial charge in [0.15, 0.2) is 6.04 Å².